The molecular weight excluding hydrogens is 388 g/mol. The van der Waals surface area contributed by atoms with E-state index in [9.17, 15) is 14.4 Å². The fourth-order valence-corrected chi connectivity index (χ4v) is 2.93. The van der Waals surface area contributed by atoms with E-state index in [0.29, 0.717) is 30.2 Å². The topological polar surface area (TPSA) is 105 Å². The summed E-state index contributed by atoms with van der Waals surface area (Å²) in [4.78, 5) is 36.1. The Bertz CT molecular complexity index is 997. The lowest BCUT2D eigenvalue weighted by Gasteiger charge is -2.13. The van der Waals surface area contributed by atoms with Crippen LogP contribution in [0.4, 0.5) is 4.79 Å². The Hall–Kier alpha value is -3.81. The minimum absolute atomic E-state index is 0.205. The fourth-order valence-electron chi connectivity index (χ4n) is 2.93. The fraction of sp³-hybridized carbons (Fsp3) is 0.227. The van der Waals surface area contributed by atoms with Crippen LogP contribution in [-0.4, -0.2) is 41.1 Å². The van der Waals surface area contributed by atoms with Gasteiger partial charge in [0, 0.05) is 6.54 Å². The van der Waals surface area contributed by atoms with Crippen molar-refractivity contribution in [2.75, 3.05) is 13.2 Å². The molecule has 0 spiro atoms. The molecule has 1 aliphatic rings. The van der Waals surface area contributed by atoms with E-state index in [2.05, 4.69) is 5.32 Å². The largest absolute Gasteiger partial charge is 0.490 e. The van der Waals surface area contributed by atoms with Crippen molar-refractivity contribution >= 4 is 24.0 Å². The first-order chi connectivity index (χ1) is 14.4. The van der Waals surface area contributed by atoms with E-state index in [0.717, 1.165) is 10.5 Å². The maximum atomic E-state index is 12.2. The summed E-state index contributed by atoms with van der Waals surface area (Å²) in [5.74, 6) is -0.341. The molecule has 2 aromatic carbocycles. The number of nitrogens with zero attached hydrogens (tertiary/aromatic N) is 1. The molecule has 3 rings (SSSR count). The first kappa shape index (κ1) is 20.9. The van der Waals surface area contributed by atoms with Gasteiger partial charge in [0.05, 0.1) is 12.2 Å². The number of imide groups is 1. The second kappa shape index (κ2) is 9.13. The van der Waals surface area contributed by atoms with Crippen LogP contribution < -0.4 is 14.8 Å². The number of aromatic carboxylic acids is 1. The van der Waals surface area contributed by atoms with Gasteiger partial charge in [-0.1, -0.05) is 18.2 Å². The normalized spacial score (nSPS) is 14.7. The van der Waals surface area contributed by atoms with Gasteiger partial charge in [-0.2, -0.15) is 0 Å². The highest BCUT2D eigenvalue weighted by atomic mass is 16.5. The lowest BCUT2D eigenvalue weighted by Crippen LogP contribution is -2.30. The number of carbonyl (C=O) groups excluding carboxylic acids is 2. The number of likely N-dealkylation sites (N-methyl/N-ethyl adjacent to an activating group) is 1. The van der Waals surface area contributed by atoms with Crippen LogP contribution in [0.15, 0.2) is 48.2 Å². The van der Waals surface area contributed by atoms with Crippen LogP contribution in [0.5, 0.6) is 11.5 Å². The molecule has 0 atom stereocenters. The monoisotopic (exact) mass is 410 g/mol. The molecule has 2 N–H and O–H groups in total. The summed E-state index contributed by atoms with van der Waals surface area (Å²) in [7, 11) is 0. The molecule has 0 aliphatic carbocycles. The van der Waals surface area contributed by atoms with Crippen LogP contribution >= 0.6 is 0 Å². The van der Waals surface area contributed by atoms with Gasteiger partial charge in [0.15, 0.2) is 11.5 Å². The maximum Gasteiger partial charge on any atom is 0.335 e. The van der Waals surface area contributed by atoms with Crippen molar-refractivity contribution in [1.82, 2.24) is 10.2 Å². The lowest BCUT2D eigenvalue weighted by molar-refractivity contribution is -0.122. The van der Waals surface area contributed by atoms with Crippen molar-refractivity contribution in [3.8, 4) is 11.5 Å². The number of nitrogens with one attached hydrogen (secondary N) is 1. The molecule has 0 bridgehead atoms. The maximum absolute atomic E-state index is 12.2. The van der Waals surface area contributed by atoms with Gasteiger partial charge >= 0.3 is 12.0 Å². The summed E-state index contributed by atoms with van der Waals surface area (Å²) in [6, 6.07) is 11.2. The predicted molar refractivity (Wildman–Crippen MR) is 109 cm³/mol. The third kappa shape index (κ3) is 4.60. The van der Waals surface area contributed by atoms with E-state index in [1.54, 1.807) is 43.3 Å². The third-order valence-electron chi connectivity index (χ3n) is 4.45. The second-order valence-electron chi connectivity index (χ2n) is 6.47. The van der Waals surface area contributed by atoms with E-state index in [4.69, 9.17) is 14.6 Å². The quantitative estimate of drug-likeness (QED) is 0.511. The van der Waals surface area contributed by atoms with Crippen LogP contribution in [0.2, 0.25) is 0 Å². The number of rotatable bonds is 8. The number of ether oxygens (including phenoxy) is 2. The summed E-state index contributed by atoms with van der Waals surface area (Å²) in [6.07, 6.45) is 1.59. The molecule has 1 fully saturated rings. The van der Waals surface area contributed by atoms with Crippen molar-refractivity contribution in [1.29, 1.82) is 0 Å². The number of urea groups is 1. The minimum Gasteiger partial charge on any atom is -0.490 e. The lowest BCUT2D eigenvalue weighted by atomic mass is 10.1. The first-order valence-corrected chi connectivity index (χ1v) is 9.49. The van der Waals surface area contributed by atoms with Gasteiger partial charge in [-0.3, -0.25) is 9.69 Å². The Morgan fingerprint density at radius 3 is 2.40 bits per heavy atom. The van der Waals surface area contributed by atoms with Crippen LogP contribution in [0.25, 0.3) is 6.08 Å². The van der Waals surface area contributed by atoms with Crippen molar-refractivity contribution in [2.45, 2.75) is 20.5 Å². The molecular formula is C22H22N2O6. The van der Waals surface area contributed by atoms with E-state index in [-0.39, 0.29) is 23.8 Å². The van der Waals surface area contributed by atoms with Gasteiger partial charge in [-0.05, 0) is 55.3 Å². The van der Waals surface area contributed by atoms with Crippen LogP contribution in [0, 0.1) is 0 Å². The number of benzene rings is 2. The molecule has 30 heavy (non-hydrogen) atoms. The Kier molecular flexibility index (Phi) is 6.36. The molecule has 2 aromatic rings. The molecule has 1 saturated heterocycles. The highest BCUT2D eigenvalue weighted by Crippen LogP contribution is 2.30. The summed E-state index contributed by atoms with van der Waals surface area (Å²) in [6.45, 7) is 4.53. The highest BCUT2D eigenvalue weighted by Gasteiger charge is 2.32. The molecule has 0 saturated carbocycles. The van der Waals surface area contributed by atoms with Gasteiger partial charge in [-0.25, -0.2) is 9.59 Å². The standard InChI is InChI=1S/C22H22N2O6/c1-3-24-20(25)17(23-22(24)28)11-15-7-10-18(19(12-15)29-4-2)30-13-14-5-8-16(9-6-14)21(26)27/h5-12H,3-4,13H2,1-2H3,(H,23,28)(H,26,27). The molecule has 3 amide bonds. The zero-order chi connectivity index (χ0) is 21.7. The predicted octanol–water partition coefficient (Wildman–Crippen LogP) is 3.28. The van der Waals surface area contributed by atoms with Crippen LogP contribution in [0.3, 0.4) is 0 Å². The van der Waals surface area contributed by atoms with Crippen molar-refractivity contribution in [3.05, 3.63) is 64.9 Å². The molecule has 1 heterocycles. The summed E-state index contributed by atoms with van der Waals surface area (Å²) in [5, 5.41) is 11.5. The van der Waals surface area contributed by atoms with Crippen molar-refractivity contribution in [3.63, 3.8) is 0 Å². The van der Waals surface area contributed by atoms with Crippen LogP contribution in [-0.2, 0) is 11.4 Å². The van der Waals surface area contributed by atoms with Gasteiger partial charge in [0.1, 0.15) is 12.3 Å². The number of carbonyl (C=O) groups is 3. The minimum atomic E-state index is -0.982. The highest BCUT2D eigenvalue weighted by molar-refractivity contribution is 6.13. The average molecular weight is 410 g/mol. The molecule has 156 valence electrons. The Morgan fingerprint density at radius 2 is 1.80 bits per heavy atom. The van der Waals surface area contributed by atoms with Crippen molar-refractivity contribution < 1.29 is 29.0 Å². The molecule has 8 heteroatoms. The van der Waals surface area contributed by atoms with Gasteiger partial charge in [-0.15, -0.1) is 0 Å². The number of carboxylic acid groups (broad SMARTS) is 1. The number of hydrogen-bond donors (Lipinski definition) is 2. The molecule has 0 unspecified atom stereocenters. The van der Waals surface area contributed by atoms with Gasteiger partial charge < -0.3 is 19.9 Å². The van der Waals surface area contributed by atoms with Crippen molar-refractivity contribution in [2.24, 2.45) is 0 Å². The summed E-state index contributed by atoms with van der Waals surface area (Å²) in [5.41, 5.74) is 1.91. The third-order valence-corrected chi connectivity index (χ3v) is 4.45. The Labute approximate surface area is 173 Å². The van der Waals surface area contributed by atoms with Gasteiger partial charge in [0.25, 0.3) is 5.91 Å². The van der Waals surface area contributed by atoms with E-state index >= 15 is 0 Å². The summed E-state index contributed by atoms with van der Waals surface area (Å²) >= 11 is 0. The van der Waals surface area contributed by atoms with Crippen LogP contribution in [0.1, 0.15) is 35.3 Å². The SMILES string of the molecule is CCOc1cc(C=C2NC(=O)N(CC)C2=O)ccc1OCc1ccc(C(=O)O)cc1. The second-order valence-corrected chi connectivity index (χ2v) is 6.47. The number of hydrogen-bond acceptors (Lipinski definition) is 5. The average Bonchev–Trinajstić information content (AvgIpc) is 3.00. The number of amides is 3. The van der Waals surface area contributed by atoms with E-state index in [1.807, 2.05) is 6.92 Å². The smallest absolute Gasteiger partial charge is 0.335 e. The molecule has 8 nitrogen and oxygen atoms in total. The molecule has 1 aliphatic heterocycles. The van der Waals surface area contributed by atoms with Gasteiger partial charge in [0.2, 0.25) is 0 Å². The molecule has 0 aromatic heterocycles. The van der Waals surface area contributed by atoms with E-state index in [1.165, 1.54) is 12.1 Å². The van der Waals surface area contributed by atoms with E-state index < -0.39 is 12.0 Å². The Balaban J connectivity index is 1.76. The summed E-state index contributed by atoms with van der Waals surface area (Å²) < 4.78 is 11.5. The zero-order valence-electron chi connectivity index (χ0n) is 16.7. The Morgan fingerprint density at radius 1 is 1.07 bits per heavy atom. The number of carboxylic acids is 1. The zero-order valence-corrected chi connectivity index (χ0v) is 16.7. The molecule has 0 radical (unpaired) electrons. The first-order valence-electron chi connectivity index (χ1n) is 9.49.